The molecule has 19 heavy (non-hydrogen) atoms. The van der Waals surface area contributed by atoms with Gasteiger partial charge in [-0.1, -0.05) is 0 Å². The number of thiophene rings is 1. The number of hydrogen-bond donors (Lipinski definition) is 1. The van der Waals surface area contributed by atoms with Gasteiger partial charge in [0.2, 0.25) is 0 Å². The fourth-order valence-corrected chi connectivity index (χ4v) is 2.63. The van der Waals surface area contributed by atoms with Gasteiger partial charge in [-0.3, -0.25) is 10.1 Å². The molecule has 0 saturated carbocycles. The van der Waals surface area contributed by atoms with Crippen LogP contribution in [0.2, 0.25) is 0 Å². The molecule has 0 amide bonds. The van der Waals surface area contributed by atoms with E-state index < -0.39 is 10.7 Å². The maximum absolute atomic E-state index is 13.1. The molecule has 0 unspecified atom stereocenters. The van der Waals surface area contributed by atoms with Crippen molar-refractivity contribution in [3.8, 4) is 0 Å². The van der Waals surface area contributed by atoms with Crippen LogP contribution in [0.25, 0.3) is 0 Å². The molecule has 1 aromatic carbocycles. The van der Waals surface area contributed by atoms with Gasteiger partial charge in [0.25, 0.3) is 5.69 Å². The van der Waals surface area contributed by atoms with Gasteiger partial charge in [-0.25, -0.2) is 4.39 Å². The summed E-state index contributed by atoms with van der Waals surface area (Å²) in [6.45, 7) is 2.89. The zero-order valence-corrected chi connectivity index (χ0v) is 11.2. The minimum atomic E-state index is -0.494. The maximum atomic E-state index is 13.1. The Balaban J connectivity index is 2.05. The van der Waals surface area contributed by atoms with Crippen LogP contribution in [0.15, 0.2) is 29.0 Å². The highest BCUT2D eigenvalue weighted by Crippen LogP contribution is 2.20. The van der Waals surface area contributed by atoms with Gasteiger partial charge in [0.05, 0.1) is 4.92 Å². The number of rotatable bonds is 5. The molecular weight excluding hydrogens is 267 g/mol. The highest BCUT2D eigenvalue weighted by molar-refractivity contribution is 7.08. The van der Waals surface area contributed by atoms with Crippen LogP contribution < -0.4 is 5.32 Å². The van der Waals surface area contributed by atoms with Gasteiger partial charge in [-0.15, -0.1) is 0 Å². The average Bonchev–Trinajstić information content (AvgIpc) is 2.75. The molecule has 2 rings (SSSR count). The van der Waals surface area contributed by atoms with E-state index >= 15 is 0 Å². The lowest BCUT2D eigenvalue weighted by atomic mass is 10.1. The lowest BCUT2D eigenvalue weighted by molar-refractivity contribution is -0.385. The molecule has 0 atom stereocenters. The van der Waals surface area contributed by atoms with Crippen molar-refractivity contribution in [3.63, 3.8) is 0 Å². The summed E-state index contributed by atoms with van der Waals surface area (Å²) < 4.78 is 13.1. The predicted octanol–water partition coefficient (Wildman–Crippen LogP) is 3.39. The highest BCUT2D eigenvalue weighted by atomic mass is 32.1. The lowest BCUT2D eigenvalue weighted by Crippen LogP contribution is -2.14. The van der Waals surface area contributed by atoms with E-state index in [1.54, 1.807) is 11.3 Å². The zero-order valence-electron chi connectivity index (χ0n) is 10.4. The standard InChI is InChI=1S/C13H13FN2O2S/c1-9-7-19-8-11(9)6-15-5-10-4-12(14)2-3-13(10)16(17)18/h2-4,7-8,15H,5-6H2,1H3. The molecule has 0 aliphatic rings. The smallest absolute Gasteiger partial charge is 0.274 e. The third-order valence-electron chi connectivity index (χ3n) is 2.83. The van der Waals surface area contributed by atoms with Gasteiger partial charge in [0.15, 0.2) is 0 Å². The van der Waals surface area contributed by atoms with Crippen molar-refractivity contribution in [2.75, 3.05) is 0 Å². The Morgan fingerprint density at radius 1 is 1.32 bits per heavy atom. The zero-order chi connectivity index (χ0) is 13.8. The van der Waals surface area contributed by atoms with Crippen LogP contribution in [0.3, 0.4) is 0 Å². The van der Waals surface area contributed by atoms with E-state index in [4.69, 9.17) is 0 Å². The summed E-state index contributed by atoms with van der Waals surface area (Å²) in [6, 6.07) is 3.50. The summed E-state index contributed by atoms with van der Waals surface area (Å²) in [4.78, 5) is 10.3. The van der Waals surface area contributed by atoms with Crippen molar-refractivity contribution >= 4 is 17.0 Å². The van der Waals surface area contributed by atoms with Crippen molar-refractivity contribution in [1.29, 1.82) is 0 Å². The minimum Gasteiger partial charge on any atom is -0.308 e. The fourth-order valence-electron chi connectivity index (χ4n) is 1.77. The summed E-state index contributed by atoms with van der Waals surface area (Å²) in [5.41, 5.74) is 2.64. The first-order valence-corrected chi connectivity index (χ1v) is 6.67. The van der Waals surface area contributed by atoms with E-state index in [9.17, 15) is 14.5 Å². The molecule has 1 heterocycles. The lowest BCUT2D eigenvalue weighted by Gasteiger charge is -2.06. The molecule has 0 fully saturated rings. The van der Waals surface area contributed by atoms with Crippen LogP contribution in [-0.4, -0.2) is 4.92 Å². The number of aryl methyl sites for hydroxylation is 1. The summed E-state index contributed by atoms with van der Waals surface area (Å²) >= 11 is 1.61. The summed E-state index contributed by atoms with van der Waals surface area (Å²) in [6.07, 6.45) is 0. The van der Waals surface area contributed by atoms with Crippen molar-refractivity contribution in [2.24, 2.45) is 0 Å². The minimum absolute atomic E-state index is 0.0593. The van der Waals surface area contributed by atoms with Crippen LogP contribution in [-0.2, 0) is 13.1 Å². The first-order chi connectivity index (χ1) is 9.08. The van der Waals surface area contributed by atoms with Gasteiger partial charge >= 0.3 is 0 Å². The monoisotopic (exact) mass is 280 g/mol. The Morgan fingerprint density at radius 3 is 2.68 bits per heavy atom. The SMILES string of the molecule is Cc1cscc1CNCc1cc(F)ccc1[N+](=O)[O-]. The van der Waals surface area contributed by atoms with E-state index in [2.05, 4.69) is 5.32 Å². The molecule has 0 spiro atoms. The van der Waals surface area contributed by atoms with Gasteiger partial charge in [0.1, 0.15) is 5.82 Å². The second-order valence-electron chi connectivity index (χ2n) is 4.21. The van der Waals surface area contributed by atoms with Gasteiger partial charge in [-0.2, -0.15) is 11.3 Å². The van der Waals surface area contributed by atoms with Crippen LogP contribution in [0.4, 0.5) is 10.1 Å². The van der Waals surface area contributed by atoms with E-state index in [0.29, 0.717) is 12.1 Å². The van der Waals surface area contributed by atoms with Gasteiger partial charge in [0, 0.05) is 24.7 Å². The Morgan fingerprint density at radius 2 is 2.05 bits per heavy atom. The van der Waals surface area contributed by atoms with Crippen molar-refractivity contribution in [2.45, 2.75) is 20.0 Å². The first-order valence-electron chi connectivity index (χ1n) is 5.73. The number of nitrogens with one attached hydrogen (secondary N) is 1. The molecule has 6 heteroatoms. The molecular formula is C13H13FN2O2S. The van der Waals surface area contributed by atoms with E-state index in [0.717, 1.165) is 11.6 Å². The molecule has 0 bridgehead atoms. The van der Waals surface area contributed by atoms with Crippen molar-refractivity contribution < 1.29 is 9.31 Å². The number of halogens is 1. The number of nitro groups is 1. The maximum Gasteiger partial charge on any atom is 0.274 e. The quantitative estimate of drug-likeness (QED) is 0.674. The number of benzene rings is 1. The van der Waals surface area contributed by atoms with Crippen LogP contribution in [0.1, 0.15) is 16.7 Å². The molecule has 0 aliphatic heterocycles. The molecule has 1 N–H and O–H groups in total. The molecule has 4 nitrogen and oxygen atoms in total. The third kappa shape index (κ3) is 3.36. The van der Waals surface area contributed by atoms with E-state index in [1.807, 2.05) is 17.7 Å². The second-order valence-corrected chi connectivity index (χ2v) is 4.96. The number of nitro benzene ring substituents is 1. The Hall–Kier alpha value is -1.79. The average molecular weight is 280 g/mol. The summed E-state index contributed by atoms with van der Waals surface area (Å²) in [7, 11) is 0. The number of nitrogens with zero attached hydrogens (tertiary/aromatic N) is 1. The van der Waals surface area contributed by atoms with Crippen LogP contribution in [0, 0.1) is 22.9 Å². The van der Waals surface area contributed by atoms with Crippen molar-refractivity contribution in [3.05, 3.63) is 61.6 Å². The van der Waals surface area contributed by atoms with Gasteiger partial charge < -0.3 is 5.32 Å². The Labute approximate surface area is 114 Å². The molecule has 0 saturated heterocycles. The highest BCUT2D eigenvalue weighted by Gasteiger charge is 2.13. The third-order valence-corrected chi connectivity index (χ3v) is 3.74. The number of hydrogen-bond acceptors (Lipinski definition) is 4. The molecule has 1 aromatic heterocycles. The van der Waals surface area contributed by atoms with E-state index in [-0.39, 0.29) is 12.2 Å². The largest absolute Gasteiger partial charge is 0.308 e. The molecule has 0 aliphatic carbocycles. The second kappa shape index (κ2) is 5.90. The normalized spacial score (nSPS) is 10.6. The van der Waals surface area contributed by atoms with Crippen LogP contribution in [0.5, 0.6) is 0 Å². The van der Waals surface area contributed by atoms with Gasteiger partial charge in [-0.05, 0) is 40.9 Å². The molecule has 100 valence electrons. The summed E-state index contributed by atoms with van der Waals surface area (Å²) in [5, 5.41) is 18.0. The molecule has 0 radical (unpaired) electrons. The van der Waals surface area contributed by atoms with Crippen molar-refractivity contribution in [1.82, 2.24) is 5.32 Å². The van der Waals surface area contributed by atoms with E-state index in [1.165, 1.54) is 17.7 Å². The Bertz CT molecular complexity index is 598. The Kier molecular flexibility index (Phi) is 4.24. The first kappa shape index (κ1) is 13.6. The van der Waals surface area contributed by atoms with Crippen LogP contribution >= 0.6 is 11.3 Å². The molecule has 2 aromatic rings. The topological polar surface area (TPSA) is 55.2 Å². The predicted molar refractivity (Wildman–Crippen MR) is 72.7 cm³/mol. The summed E-state index contributed by atoms with van der Waals surface area (Å²) in [5.74, 6) is -0.464. The fraction of sp³-hybridized carbons (Fsp3) is 0.231.